The minimum atomic E-state index is -3.73. The highest BCUT2D eigenvalue weighted by Crippen LogP contribution is 2.27. The van der Waals surface area contributed by atoms with Crippen molar-refractivity contribution in [3.63, 3.8) is 0 Å². The molecule has 0 fully saturated rings. The van der Waals surface area contributed by atoms with Gasteiger partial charge < -0.3 is 0 Å². The molecule has 30 heavy (non-hydrogen) atoms. The Labute approximate surface area is 180 Å². The van der Waals surface area contributed by atoms with Crippen LogP contribution in [0.15, 0.2) is 59.5 Å². The lowest BCUT2D eigenvalue weighted by molar-refractivity contribution is 0.549. The first-order valence-corrected chi connectivity index (χ1v) is 12.0. The summed E-state index contributed by atoms with van der Waals surface area (Å²) in [5.41, 5.74) is 4.18. The summed E-state index contributed by atoms with van der Waals surface area (Å²) in [7, 11) is -3.73. The lowest BCUT2D eigenvalue weighted by Gasteiger charge is -2.19. The molecule has 0 aliphatic rings. The Morgan fingerprint density at radius 3 is 2.10 bits per heavy atom. The van der Waals surface area contributed by atoms with Crippen molar-refractivity contribution >= 4 is 10.0 Å². The molecule has 3 rings (SSSR count). The average molecular weight is 426 g/mol. The molecule has 0 amide bonds. The van der Waals surface area contributed by atoms with Crippen LogP contribution in [-0.4, -0.2) is 18.2 Å². The van der Waals surface area contributed by atoms with Gasteiger partial charge in [0.05, 0.1) is 17.1 Å². The van der Waals surface area contributed by atoms with Crippen molar-refractivity contribution in [2.75, 3.05) is 0 Å². The highest BCUT2D eigenvalue weighted by molar-refractivity contribution is 7.89. The van der Waals surface area contributed by atoms with Gasteiger partial charge in [-0.05, 0) is 55.9 Å². The van der Waals surface area contributed by atoms with Gasteiger partial charge in [-0.25, -0.2) is 17.8 Å². The number of hydrogen-bond acceptors (Lipinski definition) is 3. The highest BCUT2D eigenvalue weighted by Gasteiger charge is 2.28. The minimum absolute atomic E-state index is 0.251. The fraction of sp³-hybridized carbons (Fsp3) is 0.375. The van der Waals surface area contributed by atoms with Crippen molar-refractivity contribution in [3.05, 3.63) is 77.1 Å². The standard InChI is InChI=1S/C24H31N3O2S/c1-6-17(3)20-13-15-21(16-14-20)23(7-2)26-30(28,29)24-18(4)25-27(19(24)5)22-11-9-8-10-12-22/h8-17,23,26H,6-7H2,1-5H3. The fourth-order valence-electron chi connectivity index (χ4n) is 3.76. The second kappa shape index (κ2) is 9.14. The van der Waals surface area contributed by atoms with Crippen molar-refractivity contribution in [1.82, 2.24) is 14.5 Å². The number of nitrogens with zero attached hydrogens (tertiary/aromatic N) is 2. The average Bonchev–Trinajstić information content (AvgIpc) is 3.07. The van der Waals surface area contributed by atoms with Gasteiger partial charge in [-0.2, -0.15) is 5.10 Å². The van der Waals surface area contributed by atoms with Crippen LogP contribution in [0.2, 0.25) is 0 Å². The second-order valence-corrected chi connectivity index (χ2v) is 9.46. The number of nitrogens with one attached hydrogen (secondary N) is 1. The van der Waals surface area contributed by atoms with E-state index in [-0.39, 0.29) is 10.9 Å². The van der Waals surface area contributed by atoms with E-state index in [1.165, 1.54) is 5.56 Å². The molecular weight excluding hydrogens is 394 g/mol. The molecule has 2 unspecified atom stereocenters. The van der Waals surface area contributed by atoms with Crippen molar-refractivity contribution in [1.29, 1.82) is 0 Å². The molecule has 2 aromatic carbocycles. The van der Waals surface area contributed by atoms with Crippen LogP contribution in [0.4, 0.5) is 0 Å². The predicted octanol–water partition coefficient (Wildman–Crippen LogP) is 5.43. The van der Waals surface area contributed by atoms with Crippen molar-refractivity contribution in [2.45, 2.75) is 64.3 Å². The normalized spacial score (nSPS) is 13.9. The van der Waals surface area contributed by atoms with E-state index in [1.54, 1.807) is 18.5 Å². The molecule has 0 radical (unpaired) electrons. The van der Waals surface area contributed by atoms with Gasteiger partial charge in [-0.1, -0.05) is 63.2 Å². The van der Waals surface area contributed by atoms with Crippen LogP contribution in [0.1, 0.15) is 68.1 Å². The van der Waals surface area contributed by atoms with Gasteiger partial charge in [0.15, 0.2) is 0 Å². The summed E-state index contributed by atoms with van der Waals surface area (Å²) in [6.07, 6.45) is 1.74. The van der Waals surface area contributed by atoms with Crippen LogP contribution >= 0.6 is 0 Å². The maximum absolute atomic E-state index is 13.3. The van der Waals surface area contributed by atoms with E-state index in [4.69, 9.17) is 0 Å². The number of benzene rings is 2. The maximum atomic E-state index is 13.3. The third-order valence-corrected chi connectivity index (χ3v) is 7.44. The molecule has 1 aromatic heterocycles. The Hall–Kier alpha value is -2.44. The van der Waals surface area contributed by atoms with Gasteiger partial charge >= 0.3 is 0 Å². The third kappa shape index (κ3) is 4.50. The van der Waals surface area contributed by atoms with Crippen LogP contribution in [0.3, 0.4) is 0 Å². The fourth-order valence-corrected chi connectivity index (χ4v) is 5.46. The lowest BCUT2D eigenvalue weighted by atomic mass is 9.96. The molecule has 2 atom stereocenters. The molecule has 0 aliphatic carbocycles. The Morgan fingerprint density at radius 2 is 1.53 bits per heavy atom. The maximum Gasteiger partial charge on any atom is 0.244 e. The summed E-state index contributed by atoms with van der Waals surface area (Å²) in [5.74, 6) is 0.491. The third-order valence-electron chi connectivity index (χ3n) is 5.72. The van der Waals surface area contributed by atoms with Crippen molar-refractivity contribution in [3.8, 4) is 5.69 Å². The summed E-state index contributed by atoms with van der Waals surface area (Å²) >= 11 is 0. The molecule has 0 aliphatic heterocycles. The molecular formula is C24H31N3O2S. The Morgan fingerprint density at radius 1 is 0.933 bits per heavy atom. The van der Waals surface area contributed by atoms with Crippen LogP contribution < -0.4 is 4.72 Å². The SMILES string of the molecule is CCC(C)c1ccc(C(CC)NS(=O)(=O)c2c(C)nn(-c3ccccc3)c2C)cc1. The van der Waals surface area contributed by atoms with Gasteiger partial charge in [0.25, 0.3) is 0 Å². The summed E-state index contributed by atoms with van der Waals surface area (Å²) in [5, 5.41) is 4.49. The molecule has 1 heterocycles. The lowest BCUT2D eigenvalue weighted by Crippen LogP contribution is -2.29. The highest BCUT2D eigenvalue weighted by atomic mass is 32.2. The summed E-state index contributed by atoms with van der Waals surface area (Å²) < 4.78 is 31.2. The summed E-state index contributed by atoms with van der Waals surface area (Å²) in [4.78, 5) is 0.251. The van der Waals surface area contributed by atoms with Gasteiger partial charge in [-0.15, -0.1) is 0 Å². The largest absolute Gasteiger partial charge is 0.244 e. The van der Waals surface area contributed by atoms with Crippen LogP contribution in [-0.2, 0) is 10.0 Å². The van der Waals surface area contributed by atoms with E-state index >= 15 is 0 Å². The van der Waals surface area contributed by atoms with E-state index in [9.17, 15) is 8.42 Å². The molecule has 1 N–H and O–H groups in total. The Bertz CT molecular complexity index is 1090. The molecule has 6 heteroatoms. The number of para-hydroxylation sites is 1. The van der Waals surface area contributed by atoms with Crippen LogP contribution in [0, 0.1) is 13.8 Å². The first-order chi connectivity index (χ1) is 14.3. The second-order valence-electron chi connectivity index (χ2n) is 7.81. The quantitative estimate of drug-likeness (QED) is 0.523. The van der Waals surface area contributed by atoms with Gasteiger partial charge in [0, 0.05) is 6.04 Å². The number of hydrogen-bond donors (Lipinski definition) is 1. The molecule has 160 valence electrons. The van der Waals surface area contributed by atoms with Gasteiger partial charge in [-0.3, -0.25) is 0 Å². The van der Waals surface area contributed by atoms with Gasteiger partial charge in [0.1, 0.15) is 4.90 Å². The molecule has 5 nitrogen and oxygen atoms in total. The number of aryl methyl sites for hydroxylation is 1. The van der Waals surface area contributed by atoms with Crippen molar-refractivity contribution < 1.29 is 8.42 Å². The molecule has 0 spiro atoms. The Kier molecular flexibility index (Phi) is 6.78. The zero-order valence-electron chi connectivity index (χ0n) is 18.4. The van der Waals surface area contributed by atoms with E-state index in [1.807, 2.05) is 49.4 Å². The first-order valence-electron chi connectivity index (χ1n) is 10.5. The number of aromatic nitrogens is 2. The van der Waals surface area contributed by atoms with Gasteiger partial charge in [0.2, 0.25) is 10.0 Å². The van der Waals surface area contributed by atoms with E-state index in [2.05, 4.69) is 35.8 Å². The van der Waals surface area contributed by atoms with E-state index in [0.29, 0.717) is 23.7 Å². The van der Waals surface area contributed by atoms with Crippen molar-refractivity contribution in [2.24, 2.45) is 0 Å². The molecule has 0 saturated heterocycles. The number of rotatable bonds is 8. The van der Waals surface area contributed by atoms with E-state index in [0.717, 1.165) is 17.7 Å². The predicted molar refractivity (Wildman–Crippen MR) is 122 cm³/mol. The Balaban J connectivity index is 1.91. The first kappa shape index (κ1) is 22.2. The zero-order valence-corrected chi connectivity index (χ0v) is 19.2. The minimum Gasteiger partial charge on any atom is -0.236 e. The zero-order chi connectivity index (χ0) is 21.9. The summed E-state index contributed by atoms with van der Waals surface area (Å²) in [6, 6.07) is 17.6. The van der Waals surface area contributed by atoms with Crippen LogP contribution in [0.5, 0.6) is 0 Å². The molecule has 3 aromatic rings. The van der Waals surface area contributed by atoms with Crippen LogP contribution in [0.25, 0.3) is 5.69 Å². The van der Waals surface area contributed by atoms with E-state index < -0.39 is 10.0 Å². The molecule has 0 bridgehead atoms. The summed E-state index contributed by atoms with van der Waals surface area (Å²) in [6.45, 7) is 9.89. The monoisotopic (exact) mass is 425 g/mol. The number of sulfonamides is 1. The topological polar surface area (TPSA) is 64.0 Å². The smallest absolute Gasteiger partial charge is 0.236 e. The molecule has 0 saturated carbocycles.